The van der Waals surface area contributed by atoms with E-state index in [0.717, 1.165) is 49.2 Å². The number of likely N-dealkylation sites (N-methyl/N-ethyl adjacent to an activating group) is 1. The van der Waals surface area contributed by atoms with Gasteiger partial charge < -0.3 is 15.6 Å². The Morgan fingerprint density at radius 2 is 2.04 bits per heavy atom. The normalized spacial score (nSPS) is 14.7. The number of halogens is 2. The first-order valence-electron chi connectivity index (χ1n) is 8.75. The maximum Gasteiger partial charge on any atom is 0.234 e. The summed E-state index contributed by atoms with van der Waals surface area (Å²) in [5.41, 5.74) is 3.25. The number of nitrogens with one attached hydrogen (secondary N) is 3. The topological polar surface area (TPSA) is 73.1 Å². The molecule has 3 N–H and O–H groups in total. The number of carbonyl (C=O) groups is 1. The molecule has 8 heteroatoms. The van der Waals surface area contributed by atoms with Crippen LogP contribution < -0.4 is 10.6 Å². The molecule has 0 spiro atoms. The lowest BCUT2D eigenvalue weighted by molar-refractivity contribution is -0.122. The summed E-state index contributed by atoms with van der Waals surface area (Å²) >= 11 is 0. The van der Waals surface area contributed by atoms with E-state index in [1.807, 2.05) is 13.1 Å². The van der Waals surface area contributed by atoms with E-state index in [2.05, 4.69) is 44.6 Å². The van der Waals surface area contributed by atoms with Gasteiger partial charge in [0.2, 0.25) is 5.91 Å². The summed E-state index contributed by atoms with van der Waals surface area (Å²) in [7, 11) is 2.04. The van der Waals surface area contributed by atoms with Crippen molar-refractivity contribution in [2.45, 2.75) is 32.2 Å². The molecule has 1 saturated heterocycles. The molecule has 0 saturated carbocycles. The fourth-order valence-corrected chi connectivity index (χ4v) is 3.27. The first-order chi connectivity index (χ1) is 11.6. The number of H-pyrrole nitrogens is 1. The zero-order chi connectivity index (χ0) is 16.9. The van der Waals surface area contributed by atoms with Crippen molar-refractivity contribution in [3.05, 3.63) is 29.6 Å². The van der Waals surface area contributed by atoms with Crippen LogP contribution in [0.4, 0.5) is 0 Å². The Hall–Kier alpha value is -1.34. The van der Waals surface area contributed by atoms with E-state index in [4.69, 9.17) is 0 Å². The number of benzene rings is 1. The molecule has 1 aromatic carbocycles. The monoisotopic (exact) mass is 401 g/mol. The van der Waals surface area contributed by atoms with Gasteiger partial charge in [0, 0.05) is 19.0 Å². The molecule has 2 aromatic rings. The summed E-state index contributed by atoms with van der Waals surface area (Å²) in [4.78, 5) is 22.2. The van der Waals surface area contributed by atoms with Gasteiger partial charge in [-0.2, -0.15) is 0 Å². The second-order valence-electron chi connectivity index (χ2n) is 6.70. The quantitative estimate of drug-likeness (QED) is 0.692. The van der Waals surface area contributed by atoms with Gasteiger partial charge in [0.05, 0.1) is 17.6 Å². The van der Waals surface area contributed by atoms with E-state index in [9.17, 15) is 4.79 Å². The number of nitrogens with zero attached hydrogens (tertiary/aromatic N) is 2. The maximum absolute atomic E-state index is 12.1. The minimum absolute atomic E-state index is 0. The number of amides is 1. The molecule has 0 unspecified atom stereocenters. The molecule has 0 bridgehead atoms. The molecule has 3 rings (SSSR count). The van der Waals surface area contributed by atoms with Crippen LogP contribution in [0.15, 0.2) is 18.2 Å². The molecule has 1 fully saturated rings. The highest BCUT2D eigenvalue weighted by atomic mass is 35.5. The van der Waals surface area contributed by atoms with Gasteiger partial charge in [0.25, 0.3) is 0 Å². The van der Waals surface area contributed by atoms with E-state index < -0.39 is 0 Å². The molecule has 146 valence electrons. The second-order valence-corrected chi connectivity index (χ2v) is 6.70. The Labute approximate surface area is 167 Å². The molecule has 26 heavy (non-hydrogen) atoms. The van der Waals surface area contributed by atoms with E-state index in [1.165, 1.54) is 5.56 Å². The Morgan fingerprint density at radius 1 is 1.31 bits per heavy atom. The number of carbonyl (C=O) groups excluding carboxylic acids is 1. The van der Waals surface area contributed by atoms with Crippen LogP contribution in [0, 0.1) is 6.92 Å². The number of rotatable bonds is 6. The highest BCUT2D eigenvalue weighted by molar-refractivity contribution is 5.85. The number of fused-ring (bicyclic) bond motifs is 1. The Bertz CT molecular complexity index is 700. The van der Waals surface area contributed by atoms with Gasteiger partial charge >= 0.3 is 0 Å². The van der Waals surface area contributed by atoms with Crippen LogP contribution in [0.3, 0.4) is 0 Å². The van der Waals surface area contributed by atoms with Crippen molar-refractivity contribution in [1.29, 1.82) is 0 Å². The molecule has 1 amide bonds. The highest BCUT2D eigenvalue weighted by Crippen LogP contribution is 2.13. The molecule has 6 nitrogen and oxygen atoms in total. The minimum Gasteiger partial charge on any atom is -0.355 e. The fraction of sp³-hybridized carbons (Fsp3) is 0.556. The van der Waals surface area contributed by atoms with Crippen LogP contribution in [-0.4, -0.2) is 60.0 Å². The SMILES string of the molecule is Cc1ccc2nc(CCNC(=O)CN(C)C3CCNCC3)[nH]c2c1.Cl.Cl. The van der Waals surface area contributed by atoms with Crippen molar-refractivity contribution in [2.75, 3.05) is 33.2 Å². The largest absolute Gasteiger partial charge is 0.355 e. The van der Waals surface area contributed by atoms with Crippen LogP contribution in [0.5, 0.6) is 0 Å². The molecule has 1 aromatic heterocycles. The van der Waals surface area contributed by atoms with Crippen LogP contribution in [0.1, 0.15) is 24.2 Å². The maximum atomic E-state index is 12.1. The third-order valence-corrected chi connectivity index (χ3v) is 4.70. The van der Waals surface area contributed by atoms with Crippen LogP contribution in [0.2, 0.25) is 0 Å². The summed E-state index contributed by atoms with van der Waals surface area (Å²) in [5, 5.41) is 6.35. The molecular formula is C18H29Cl2N5O. The first kappa shape index (κ1) is 22.7. The minimum atomic E-state index is 0. The Balaban J connectivity index is 0.00000169. The fourth-order valence-electron chi connectivity index (χ4n) is 3.27. The summed E-state index contributed by atoms with van der Waals surface area (Å²) in [6.45, 7) is 5.23. The first-order valence-corrected chi connectivity index (χ1v) is 8.75. The Morgan fingerprint density at radius 3 is 2.77 bits per heavy atom. The zero-order valence-corrected chi connectivity index (χ0v) is 17.0. The summed E-state index contributed by atoms with van der Waals surface area (Å²) in [5.74, 6) is 1.01. The van der Waals surface area contributed by atoms with Crippen molar-refractivity contribution < 1.29 is 4.79 Å². The lowest BCUT2D eigenvalue weighted by Gasteiger charge is -2.31. The lowest BCUT2D eigenvalue weighted by Crippen LogP contribution is -2.45. The van der Waals surface area contributed by atoms with Gasteiger partial charge in [0.15, 0.2) is 0 Å². The number of piperidine rings is 1. The average molecular weight is 402 g/mol. The molecule has 2 heterocycles. The molecule has 1 aliphatic rings. The number of aromatic nitrogens is 2. The van der Waals surface area contributed by atoms with Crippen LogP contribution in [0.25, 0.3) is 11.0 Å². The summed E-state index contributed by atoms with van der Waals surface area (Å²) < 4.78 is 0. The van der Waals surface area contributed by atoms with Gasteiger partial charge in [-0.25, -0.2) is 4.98 Å². The molecule has 0 aliphatic carbocycles. The highest BCUT2D eigenvalue weighted by Gasteiger charge is 2.19. The van der Waals surface area contributed by atoms with Crippen LogP contribution in [-0.2, 0) is 11.2 Å². The molecule has 0 atom stereocenters. The van der Waals surface area contributed by atoms with E-state index in [-0.39, 0.29) is 30.7 Å². The van der Waals surface area contributed by atoms with Gasteiger partial charge in [-0.05, 0) is 57.6 Å². The van der Waals surface area contributed by atoms with Gasteiger partial charge in [-0.15, -0.1) is 24.8 Å². The van der Waals surface area contributed by atoms with E-state index >= 15 is 0 Å². The zero-order valence-electron chi connectivity index (χ0n) is 15.4. The third kappa shape index (κ3) is 6.13. The average Bonchev–Trinajstić information content (AvgIpc) is 2.97. The van der Waals surface area contributed by atoms with Gasteiger partial charge in [-0.3, -0.25) is 9.69 Å². The van der Waals surface area contributed by atoms with Crippen molar-refractivity contribution in [3.8, 4) is 0 Å². The van der Waals surface area contributed by atoms with E-state index in [0.29, 0.717) is 19.1 Å². The number of hydrogen-bond acceptors (Lipinski definition) is 4. The van der Waals surface area contributed by atoms with Crippen molar-refractivity contribution >= 4 is 41.8 Å². The number of aromatic amines is 1. The molecular weight excluding hydrogens is 373 g/mol. The smallest absolute Gasteiger partial charge is 0.234 e. The van der Waals surface area contributed by atoms with Crippen molar-refractivity contribution in [2.24, 2.45) is 0 Å². The summed E-state index contributed by atoms with van der Waals surface area (Å²) in [6.07, 6.45) is 2.95. The number of aryl methyl sites for hydroxylation is 1. The van der Waals surface area contributed by atoms with E-state index in [1.54, 1.807) is 0 Å². The molecule has 0 radical (unpaired) electrons. The second kappa shape index (κ2) is 10.7. The number of imidazole rings is 1. The summed E-state index contributed by atoms with van der Waals surface area (Å²) in [6, 6.07) is 6.69. The number of hydrogen-bond donors (Lipinski definition) is 3. The third-order valence-electron chi connectivity index (χ3n) is 4.70. The predicted molar refractivity (Wildman–Crippen MR) is 111 cm³/mol. The lowest BCUT2D eigenvalue weighted by atomic mass is 10.1. The van der Waals surface area contributed by atoms with Gasteiger partial charge in [-0.1, -0.05) is 6.07 Å². The van der Waals surface area contributed by atoms with Crippen molar-refractivity contribution in [1.82, 2.24) is 25.5 Å². The predicted octanol–water partition coefficient (Wildman–Crippen LogP) is 2.06. The molecule has 1 aliphatic heterocycles. The standard InChI is InChI=1S/C18H27N5O.2ClH/c1-13-3-4-15-16(11-13)22-17(21-15)7-10-20-18(24)12-23(2)14-5-8-19-9-6-14;;/h3-4,11,14,19H,5-10,12H2,1-2H3,(H,20,24)(H,21,22);2*1H. The Kier molecular flexibility index (Phi) is 9.36. The van der Waals surface area contributed by atoms with Crippen LogP contribution >= 0.6 is 24.8 Å². The van der Waals surface area contributed by atoms with Crippen molar-refractivity contribution in [3.63, 3.8) is 0 Å². The van der Waals surface area contributed by atoms with Gasteiger partial charge in [0.1, 0.15) is 5.82 Å².